The van der Waals surface area contributed by atoms with Gasteiger partial charge in [-0.25, -0.2) is 4.79 Å². The van der Waals surface area contributed by atoms with Crippen LogP contribution in [0.5, 0.6) is 0 Å². The number of rotatable bonds is 5. The van der Waals surface area contributed by atoms with Crippen molar-refractivity contribution >= 4 is 17.5 Å². The van der Waals surface area contributed by atoms with Crippen LogP contribution in [0, 0.1) is 0 Å². The first-order valence-corrected chi connectivity index (χ1v) is 10.4. The molecular formula is C19H24ClN5O6. The van der Waals surface area contributed by atoms with E-state index in [9.17, 15) is 14.4 Å². The Morgan fingerprint density at radius 3 is 2.77 bits per heavy atom. The average Bonchev–Trinajstić information content (AvgIpc) is 3.24. The summed E-state index contributed by atoms with van der Waals surface area (Å²) in [6.45, 7) is 6.30. The molecule has 2 fully saturated rings. The number of hydrogen-bond donors (Lipinski definition) is 2. The second-order valence-electron chi connectivity index (χ2n) is 7.91. The van der Waals surface area contributed by atoms with Crippen LogP contribution < -0.4 is 16.6 Å². The van der Waals surface area contributed by atoms with Crippen molar-refractivity contribution in [2.75, 3.05) is 13.2 Å². The fourth-order valence-corrected chi connectivity index (χ4v) is 4.14. The molecule has 31 heavy (non-hydrogen) atoms. The smallest absolute Gasteiger partial charge is 0.328 e. The molecule has 2 aliphatic rings. The van der Waals surface area contributed by atoms with E-state index in [4.69, 9.17) is 25.8 Å². The zero-order valence-corrected chi connectivity index (χ0v) is 18.1. The van der Waals surface area contributed by atoms with Crippen LogP contribution in [-0.2, 0) is 20.8 Å². The summed E-state index contributed by atoms with van der Waals surface area (Å²) in [5, 5.41) is 7.21. The molecule has 4 rings (SSSR count). The maximum atomic E-state index is 12.5. The van der Waals surface area contributed by atoms with Gasteiger partial charge in [-0.3, -0.25) is 23.8 Å². The number of ether oxygens (including phenoxy) is 3. The number of amides is 1. The lowest BCUT2D eigenvalue weighted by atomic mass is 9.97. The number of aryl methyl sites for hydroxylation is 1. The predicted molar refractivity (Wildman–Crippen MR) is 109 cm³/mol. The van der Waals surface area contributed by atoms with Gasteiger partial charge in [0, 0.05) is 31.5 Å². The summed E-state index contributed by atoms with van der Waals surface area (Å²) in [5.74, 6) is -1.33. The molecule has 4 atom stereocenters. The van der Waals surface area contributed by atoms with E-state index >= 15 is 0 Å². The van der Waals surface area contributed by atoms with Gasteiger partial charge in [0.2, 0.25) is 0 Å². The quantitative estimate of drug-likeness (QED) is 0.665. The Balaban J connectivity index is 1.50. The third kappa shape index (κ3) is 4.31. The Morgan fingerprint density at radius 1 is 1.35 bits per heavy atom. The molecule has 4 heterocycles. The SMILES string of the molecule is CCn1cc(Cl)c(C(=O)NC[C@H]2OC[C@@H](n3ccc(=O)[nH]c3=O)[C@@H]3OC(C)(C)O[C@@H]32)n1. The van der Waals surface area contributed by atoms with Crippen molar-refractivity contribution in [2.24, 2.45) is 0 Å². The van der Waals surface area contributed by atoms with Crippen molar-refractivity contribution in [2.45, 2.75) is 57.5 Å². The molecular weight excluding hydrogens is 430 g/mol. The van der Waals surface area contributed by atoms with Gasteiger partial charge in [0.05, 0.1) is 17.7 Å². The maximum Gasteiger partial charge on any atom is 0.328 e. The highest BCUT2D eigenvalue weighted by Crippen LogP contribution is 2.39. The molecule has 168 valence electrons. The highest BCUT2D eigenvalue weighted by Gasteiger charge is 2.52. The molecule has 2 N–H and O–H groups in total. The van der Waals surface area contributed by atoms with E-state index in [0.29, 0.717) is 6.54 Å². The number of hydrogen-bond acceptors (Lipinski definition) is 7. The van der Waals surface area contributed by atoms with Crippen LogP contribution in [0.15, 0.2) is 28.0 Å². The standard InChI is InChI=1S/C19H24ClN5O6/c1-4-24-8-10(20)14(23-24)17(27)21-7-12-16-15(30-19(2,3)31-16)11(9-29-12)25-6-5-13(26)22-18(25)28/h5-6,8,11-12,15-16H,4,7,9H2,1-3H3,(H,21,27)(H,22,26,28)/t11-,12-,15+,16-/m1/s1. The maximum absolute atomic E-state index is 12.5. The Labute approximate surface area is 182 Å². The molecule has 0 radical (unpaired) electrons. The fraction of sp³-hybridized carbons (Fsp3) is 0.579. The zero-order valence-electron chi connectivity index (χ0n) is 17.3. The van der Waals surface area contributed by atoms with Crippen LogP contribution in [0.3, 0.4) is 0 Å². The monoisotopic (exact) mass is 453 g/mol. The van der Waals surface area contributed by atoms with E-state index < -0.39 is 47.3 Å². The number of nitrogens with one attached hydrogen (secondary N) is 2. The minimum Gasteiger partial charge on any atom is -0.371 e. The molecule has 11 nitrogen and oxygen atoms in total. The Bertz CT molecular complexity index is 1090. The van der Waals surface area contributed by atoms with Gasteiger partial charge in [0.25, 0.3) is 11.5 Å². The zero-order chi connectivity index (χ0) is 22.3. The highest BCUT2D eigenvalue weighted by molar-refractivity contribution is 6.33. The number of carbonyl (C=O) groups is 1. The summed E-state index contributed by atoms with van der Waals surface area (Å²) in [6.07, 6.45) is 1.42. The summed E-state index contributed by atoms with van der Waals surface area (Å²) in [4.78, 5) is 38.5. The second kappa shape index (κ2) is 8.23. The topological polar surface area (TPSA) is 129 Å². The molecule has 0 saturated carbocycles. The Hall–Kier alpha value is -2.47. The Kier molecular flexibility index (Phi) is 5.77. The van der Waals surface area contributed by atoms with Crippen molar-refractivity contribution in [3.8, 4) is 0 Å². The third-order valence-electron chi connectivity index (χ3n) is 5.32. The number of carbonyl (C=O) groups excluding carboxylic acids is 1. The van der Waals surface area contributed by atoms with Crippen LogP contribution in [0.4, 0.5) is 0 Å². The van der Waals surface area contributed by atoms with Gasteiger partial charge in [-0.1, -0.05) is 11.6 Å². The molecule has 2 aromatic heterocycles. The first kappa shape index (κ1) is 21.8. The van der Waals surface area contributed by atoms with Gasteiger partial charge >= 0.3 is 5.69 Å². The van der Waals surface area contributed by atoms with Crippen LogP contribution >= 0.6 is 11.6 Å². The van der Waals surface area contributed by atoms with Crippen molar-refractivity contribution in [3.05, 3.63) is 50.0 Å². The number of H-pyrrole nitrogens is 1. The molecule has 0 aromatic carbocycles. The van der Waals surface area contributed by atoms with Crippen LogP contribution in [0.2, 0.25) is 5.02 Å². The minimum atomic E-state index is -0.904. The van der Waals surface area contributed by atoms with E-state index in [1.807, 2.05) is 6.92 Å². The first-order valence-electron chi connectivity index (χ1n) is 9.98. The number of aromatic amines is 1. The van der Waals surface area contributed by atoms with Gasteiger partial charge < -0.3 is 19.5 Å². The summed E-state index contributed by atoms with van der Waals surface area (Å²) in [6, 6.07) is 0.765. The van der Waals surface area contributed by atoms with Crippen LogP contribution in [0.25, 0.3) is 0 Å². The van der Waals surface area contributed by atoms with E-state index in [0.717, 1.165) is 0 Å². The highest BCUT2D eigenvalue weighted by atomic mass is 35.5. The van der Waals surface area contributed by atoms with Gasteiger partial charge in [0.15, 0.2) is 11.5 Å². The lowest BCUT2D eigenvalue weighted by Crippen LogP contribution is -2.54. The van der Waals surface area contributed by atoms with E-state index in [1.165, 1.54) is 16.8 Å². The van der Waals surface area contributed by atoms with Crippen molar-refractivity contribution < 1.29 is 19.0 Å². The molecule has 2 saturated heterocycles. The summed E-state index contributed by atoms with van der Waals surface area (Å²) in [7, 11) is 0. The second-order valence-corrected chi connectivity index (χ2v) is 8.32. The van der Waals surface area contributed by atoms with E-state index in [2.05, 4.69) is 15.4 Å². The number of halogens is 1. The minimum absolute atomic E-state index is 0.137. The fourth-order valence-electron chi connectivity index (χ4n) is 3.91. The molecule has 12 heteroatoms. The number of nitrogens with zero attached hydrogens (tertiary/aromatic N) is 3. The van der Waals surface area contributed by atoms with Crippen molar-refractivity contribution in [1.29, 1.82) is 0 Å². The van der Waals surface area contributed by atoms with Gasteiger partial charge in [0.1, 0.15) is 18.3 Å². The molecule has 2 aromatic rings. The molecule has 1 amide bonds. The largest absolute Gasteiger partial charge is 0.371 e. The molecule has 2 aliphatic heterocycles. The van der Waals surface area contributed by atoms with E-state index in [1.54, 1.807) is 24.7 Å². The van der Waals surface area contributed by atoms with Gasteiger partial charge in [-0.05, 0) is 20.8 Å². The first-order chi connectivity index (χ1) is 14.7. The summed E-state index contributed by atoms with van der Waals surface area (Å²) < 4.78 is 21.0. The normalized spacial score (nSPS) is 27.1. The Morgan fingerprint density at radius 2 is 2.10 bits per heavy atom. The summed E-state index contributed by atoms with van der Waals surface area (Å²) >= 11 is 6.10. The van der Waals surface area contributed by atoms with Crippen LogP contribution in [-0.4, -0.2) is 62.5 Å². The molecule has 0 bridgehead atoms. The van der Waals surface area contributed by atoms with E-state index in [-0.39, 0.29) is 23.9 Å². The van der Waals surface area contributed by atoms with Crippen molar-refractivity contribution in [3.63, 3.8) is 0 Å². The predicted octanol–water partition coefficient (Wildman–Crippen LogP) is 0.296. The van der Waals surface area contributed by atoms with Crippen molar-refractivity contribution in [1.82, 2.24) is 24.6 Å². The molecule has 0 spiro atoms. The lowest BCUT2D eigenvalue weighted by molar-refractivity contribution is -0.153. The number of aromatic nitrogens is 4. The summed E-state index contributed by atoms with van der Waals surface area (Å²) in [5.41, 5.74) is -0.901. The lowest BCUT2D eigenvalue weighted by Gasteiger charge is -2.37. The van der Waals surface area contributed by atoms with Gasteiger partial charge in [-0.15, -0.1) is 0 Å². The third-order valence-corrected chi connectivity index (χ3v) is 5.60. The average molecular weight is 454 g/mol. The molecule has 0 aliphatic carbocycles. The van der Waals surface area contributed by atoms with Gasteiger partial charge in [-0.2, -0.15) is 5.10 Å². The molecule has 0 unspecified atom stereocenters. The van der Waals surface area contributed by atoms with Crippen LogP contribution in [0.1, 0.15) is 37.3 Å². The number of fused-ring (bicyclic) bond motifs is 1.